The maximum absolute atomic E-state index is 12.6. The van der Waals surface area contributed by atoms with Gasteiger partial charge in [0.15, 0.2) is 11.5 Å². The number of benzene rings is 1. The molecule has 0 aromatic heterocycles. The second kappa shape index (κ2) is 8.95. The van der Waals surface area contributed by atoms with Gasteiger partial charge in [-0.1, -0.05) is 25.3 Å². The summed E-state index contributed by atoms with van der Waals surface area (Å²) in [6.07, 6.45) is 5.34. The first-order valence-electron chi connectivity index (χ1n) is 9.64. The molecule has 2 N–H and O–H groups in total. The maximum Gasteiger partial charge on any atom is 0.325 e. The number of rotatable bonds is 7. The third-order valence-corrected chi connectivity index (χ3v) is 5.26. The van der Waals surface area contributed by atoms with Crippen LogP contribution in [0.4, 0.5) is 4.79 Å². The Labute approximate surface area is 164 Å². The van der Waals surface area contributed by atoms with Crippen molar-refractivity contribution in [3.8, 4) is 11.5 Å². The fourth-order valence-electron chi connectivity index (χ4n) is 3.75. The normalized spacial score (nSPS) is 20.1. The lowest BCUT2D eigenvalue weighted by Gasteiger charge is -2.23. The predicted molar refractivity (Wildman–Crippen MR) is 102 cm³/mol. The van der Waals surface area contributed by atoms with Crippen LogP contribution < -0.4 is 20.1 Å². The van der Waals surface area contributed by atoms with Crippen molar-refractivity contribution in [2.24, 2.45) is 0 Å². The Morgan fingerprint density at radius 3 is 2.54 bits per heavy atom. The van der Waals surface area contributed by atoms with Gasteiger partial charge in [-0.05, 0) is 30.5 Å². The Morgan fingerprint density at radius 1 is 1.14 bits per heavy atom. The van der Waals surface area contributed by atoms with Crippen molar-refractivity contribution in [1.82, 2.24) is 15.5 Å². The van der Waals surface area contributed by atoms with Crippen LogP contribution in [0, 0.1) is 0 Å². The highest BCUT2D eigenvalue weighted by Gasteiger charge is 2.39. The Morgan fingerprint density at radius 2 is 1.86 bits per heavy atom. The lowest BCUT2D eigenvalue weighted by atomic mass is 9.95. The third kappa shape index (κ3) is 4.55. The number of methoxy groups -OCH3 is 2. The second-order valence-corrected chi connectivity index (χ2v) is 7.22. The first kappa shape index (κ1) is 20.0. The van der Waals surface area contributed by atoms with E-state index in [1.807, 2.05) is 0 Å². The Balaban J connectivity index is 1.59. The van der Waals surface area contributed by atoms with Crippen molar-refractivity contribution in [3.63, 3.8) is 0 Å². The largest absolute Gasteiger partial charge is 0.493 e. The Hall–Kier alpha value is -2.77. The van der Waals surface area contributed by atoms with E-state index in [4.69, 9.17) is 9.47 Å². The van der Waals surface area contributed by atoms with Gasteiger partial charge in [-0.3, -0.25) is 14.5 Å². The van der Waals surface area contributed by atoms with Gasteiger partial charge in [-0.15, -0.1) is 0 Å². The Kier molecular flexibility index (Phi) is 6.38. The standard InChI is InChI=1S/C20H27N3O5/c1-27-16-9-8-13(10-17(16)28-2)12-23-19(25)15(22-20(23)26)11-18(24)21-14-6-4-3-5-7-14/h8-10,14-15H,3-7,11-12H2,1-2H3,(H,21,24)(H,22,26)/t15-/m0/s1. The molecule has 4 amide bonds. The van der Waals surface area contributed by atoms with E-state index in [1.165, 1.54) is 20.6 Å². The number of ether oxygens (including phenoxy) is 2. The third-order valence-electron chi connectivity index (χ3n) is 5.26. The highest BCUT2D eigenvalue weighted by Crippen LogP contribution is 2.28. The summed E-state index contributed by atoms with van der Waals surface area (Å²) in [5.74, 6) is 0.508. The van der Waals surface area contributed by atoms with Gasteiger partial charge < -0.3 is 20.1 Å². The number of hydrogen-bond acceptors (Lipinski definition) is 5. The molecule has 0 spiro atoms. The lowest BCUT2D eigenvalue weighted by molar-refractivity contribution is -0.131. The summed E-state index contributed by atoms with van der Waals surface area (Å²) in [5, 5.41) is 5.60. The fourth-order valence-corrected chi connectivity index (χ4v) is 3.75. The summed E-state index contributed by atoms with van der Waals surface area (Å²) >= 11 is 0. The molecule has 152 valence electrons. The van der Waals surface area contributed by atoms with Crippen molar-refractivity contribution < 1.29 is 23.9 Å². The van der Waals surface area contributed by atoms with Crippen LogP contribution in [0.15, 0.2) is 18.2 Å². The number of carbonyl (C=O) groups excluding carboxylic acids is 3. The number of nitrogens with zero attached hydrogens (tertiary/aromatic N) is 1. The SMILES string of the molecule is COc1ccc(CN2C(=O)N[C@@H](CC(=O)NC3CCCCC3)C2=O)cc1OC. The number of urea groups is 1. The van der Waals surface area contributed by atoms with Crippen LogP contribution in [0.5, 0.6) is 11.5 Å². The van der Waals surface area contributed by atoms with Crippen LogP contribution in [0.1, 0.15) is 44.1 Å². The number of amides is 4. The summed E-state index contributed by atoms with van der Waals surface area (Å²) in [4.78, 5) is 38.3. The molecule has 1 heterocycles. The van der Waals surface area contributed by atoms with Crippen LogP contribution in [0.25, 0.3) is 0 Å². The molecule has 1 atom stereocenters. The van der Waals surface area contributed by atoms with E-state index in [1.54, 1.807) is 18.2 Å². The van der Waals surface area contributed by atoms with Gasteiger partial charge in [-0.2, -0.15) is 0 Å². The molecule has 1 aromatic rings. The molecule has 0 radical (unpaired) electrons. The lowest BCUT2D eigenvalue weighted by Crippen LogP contribution is -2.41. The molecule has 0 bridgehead atoms. The summed E-state index contributed by atoms with van der Waals surface area (Å²) in [6.45, 7) is 0.103. The highest BCUT2D eigenvalue weighted by atomic mass is 16.5. The average Bonchev–Trinajstić information content (AvgIpc) is 2.95. The summed E-state index contributed by atoms with van der Waals surface area (Å²) in [7, 11) is 3.06. The molecular formula is C20H27N3O5. The van der Waals surface area contributed by atoms with Gasteiger partial charge in [0.05, 0.1) is 27.2 Å². The molecule has 3 rings (SSSR count). The molecule has 1 aromatic carbocycles. The number of carbonyl (C=O) groups is 3. The van der Waals surface area contributed by atoms with Crippen LogP contribution in [0.2, 0.25) is 0 Å². The molecule has 2 fully saturated rings. The first-order chi connectivity index (χ1) is 13.5. The minimum atomic E-state index is -0.823. The molecule has 0 unspecified atom stereocenters. The summed E-state index contributed by atoms with van der Waals surface area (Å²) < 4.78 is 10.5. The van der Waals surface area contributed by atoms with Gasteiger partial charge in [0.1, 0.15) is 6.04 Å². The van der Waals surface area contributed by atoms with E-state index in [-0.39, 0.29) is 24.9 Å². The second-order valence-electron chi connectivity index (χ2n) is 7.22. The van der Waals surface area contributed by atoms with Crippen LogP contribution in [0.3, 0.4) is 0 Å². The van der Waals surface area contributed by atoms with E-state index >= 15 is 0 Å². The topological polar surface area (TPSA) is 97.0 Å². The van der Waals surface area contributed by atoms with Crippen molar-refractivity contribution in [3.05, 3.63) is 23.8 Å². The number of nitrogens with one attached hydrogen (secondary N) is 2. The molecule has 1 saturated carbocycles. The molecule has 1 aliphatic heterocycles. The van der Waals surface area contributed by atoms with Crippen molar-refractivity contribution in [2.45, 2.75) is 57.2 Å². The van der Waals surface area contributed by atoms with E-state index in [2.05, 4.69) is 10.6 Å². The quantitative estimate of drug-likeness (QED) is 0.695. The predicted octanol–water partition coefficient (Wildman–Crippen LogP) is 1.96. The fraction of sp³-hybridized carbons (Fsp3) is 0.550. The van der Waals surface area contributed by atoms with Crippen molar-refractivity contribution >= 4 is 17.8 Å². The molecule has 8 nitrogen and oxygen atoms in total. The molecule has 8 heteroatoms. The Bertz CT molecular complexity index is 745. The van der Waals surface area contributed by atoms with Gasteiger partial charge in [-0.25, -0.2) is 4.79 Å². The maximum atomic E-state index is 12.6. The van der Waals surface area contributed by atoms with E-state index in [9.17, 15) is 14.4 Å². The van der Waals surface area contributed by atoms with Crippen LogP contribution >= 0.6 is 0 Å². The minimum absolute atomic E-state index is 0.0382. The van der Waals surface area contributed by atoms with Crippen LogP contribution in [-0.4, -0.2) is 49.0 Å². The molecule has 1 saturated heterocycles. The van der Waals surface area contributed by atoms with E-state index in [0.29, 0.717) is 11.5 Å². The average molecular weight is 389 g/mol. The van der Waals surface area contributed by atoms with Crippen molar-refractivity contribution in [1.29, 1.82) is 0 Å². The van der Waals surface area contributed by atoms with Gasteiger partial charge in [0, 0.05) is 6.04 Å². The van der Waals surface area contributed by atoms with Gasteiger partial charge in [0.2, 0.25) is 5.91 Å². The van der Waals surface area contributed by atoms with E-state index in [0.717, 1.165) is 36.1 Å². The highest BCUT2D eigenvalue weighted by molar-refractivity contribution is 6.05. The molecule has 1 aliphatic carbocycles. The molecular weight excluding hydrogens is 362 g/mol. The van der Waals surface area contributed by atoms with Crippen LogP contribution in [-0.2, 0) is 16.1 Å². The number of hydrogen-bond donors (Lipinski definition) is 2. The minimum Gasteiger partial charge on any atom is -0.493 e. The zero-order valence-electron chi connectivity index (χ0n) is 16.3. The number of imide groups is 1. The smallest absolute Gasteiger partial charge is 0.325 e. The zero-order valence-corrected chi connectivity index (χ0v) is 16.3. The summed E-state index contributed by atoms with van der Waals surface area (Å²) in [5.41, 5.74) is 0.730. The molecule has 2 aliphatic rings. The van der Waals surface area contributed by atoms with E-state index < -0.39 is 18.0 Å². The first-order valence-corrected chi connectivity index (χ1v) is 9.64. The van der Waals surface area contributed by atoms with Crippen molar-refractivity contribution in [2.75, 3.05) is 14.2 Å². The monoisotopic (exact) mass is 389 g/mol. The van der Waals surface area contributed by atoms with Gasteiger partial charge >= 0.3 is 6.03 Å². The van der Waals surface area contributed by atoms with Gasteiger partial charge in [0.25, 0.3) is 5.91 Å². The molecule has 28 heavy (non-hydrogen) atoms. The zero-order chi connectivity index (χ0) is 20.1. The summed E-state index contributed by atoms with van der Waals surface area (Å²) in [6, 6.07) is 4.08.